The number of halogens is 4. The van der Waals surface area contributed by atoms with E-state index in [0.29, 0.717) is 0 Å². The summed E-state index contributed by atoms with van der Waals surface area (Å²) in [6.45, 7) is 2.29. The van der Waals surface area contributed by atoms with Gasteiger partial charge < -0.3 is 22.0 Å². The molecule has 0 N–H and O–H groups in total. The molecular formula is C25H35BF4OS. The number of hydrogen-bond donors (Lipinski definition) is 0. The lowest BCUT2D eigenvalue weighted by atomic mass is 10.0. The number of hydrogen-bond acceptors (Lipinski definition) is 1. The highest BCUT2D eigenvalue weighted by molar-refractivity contribution is 7.96. The molecule has 0 saturated heterocycles. The van der Waals surface area contributed by atoms with Gasteiger partial charge in [0.05, 0.1) is 10.9 Å². The SMILES string of the molecule is CCCCCCCCCCCCc1ccc2c(c1)[S+](C)c1ccccc1O2.F[B-](F)(F)F. The van der Waals surface area contributed by atoms with Crippen molar-refractivity contribution in [3.8, 4) is 11.5 Å². The van der Waals surface area contributed by atoms with E-state index in [1.807, 2.05) is 0 Å². The summed E-state index contributed by atoms with van der Waals surface area (Å²) in [6, 6.07) is 15.3. The first-order valence-corrected chi connectivity index (χ1v) is 13.4. The number of ether oxygens (including phenoxy) is 1. The topological polar surface area (TPSA) is 9.23 Å². The Hall–Kier alpha value is -1.63. The molecule has 0 radical (unpaired) electrons. The summed E-state index contributed by atoms with van der Waals surface area (Å²) in [7, 11) is -5.89. The Balaban J connectivity index is 0.000000654. The molecule has 1 unspecified atom stereocenters. The molecule has 0 amide bonds. The molecule has 1 atom stereocenters. The largest absolute Gasteiger partial charge is 0.673 e. The zero-order chi connectivity index (χ0) is 23.4. The first-order chi connectivity index (χ1) is 15.3. The molecule has 1 nitrogen and oxygen atoms in total. The lowest BCUT2D eigenvalue weighted by molar-refractivity contribution is 0.368. The van der Waals surface area contributed by atoms with Gasteiger partial charge in [-0.05, 0) is 36.6 Å². The van der Waals surface area contributed by atoms with Gasteiger partial charge in [0.2, 0.25) is 9.79 Å². The van der Waals surface area contributed by atoms with Gasteiger partial charge in [0.25, 0.3) is 0 Å². The van der Waals surface area contributed by atoms with Crippen LogP contribution in [0, 0.1) is 0 Å². The Kier molecular flexibility index (Phi) is 11.5. The molecule has 32 heavy (non-hydrogen) atoms. The van der Waals surface area contributed by atoms with Crippen molar-refractivity contribution in [2.45, 2.75) is 87.3 Å². The smallest absolute Gasteiger partial charge is 0.447 e. The van der Waals surface area contributed by atoms with Crippen LogP contribution in [-0.2, 0) is 17.3 Å². The maximum absolute atomic E-state index is 9.75. The van der Waals surface area contributed by atoms with E-state index < -0.39 is 7.25 Å². The summed E-state index contributed by atoms with van der Waals surface area (Å²) >= 11 is 0. The molecule has 1 heterocycles. The van der Waals surface area contributed by atoms with Crippen LogP contribution in [0.2, 0.25) is 0 Å². The minimum absolute atomic E-state index is 0.109. The molecule has 7 heteroatoms. The van der Waals surface area contributed by atoms with Gasteiger partial charge in [0, 0.05) is 6.07 Å². The molecular weight excluding hydrogens is 435 g/mol. The summed E-state index contributed by atoms with van der Waals surface area (Å²) in [6.07, 6.45) is 17.5. The highest BCUT2D eigenvalue weighted by atomic mass is 32.2. The van der Waals surface area contributed by atoms with Gasteiger partial charge >= 0.3 is 7.25 Å². The van der Waals surface area contributed by atoms with Gasteiger partial charge in [-0.2, -0.15) is 0 Å². The zero-order valence-corrected chi connectivity index (χ0v) is 20.0. The Morgan fingerprint density at radius 2 is 1.25 bits per heavy atom. The number of unbranched alkanes of at least 4 members (excludes halogenated alkanes) is 9. The molecule has 2 aromatic rings. The van der Waals surface area contributed by atoms with Crippen LogP contribution in [0.3, 0.4) is 0 Å². The molecule has 2 aromatic carbocycles. The van der Waals surface area contributed by atoms with Gasteiger partial charge in [-0.1, -0.05) is 82.9 Å². The second-order valence-electron chi connectivity index (χ2n) is 8.27. The van der Waals surface area contributed by atoms with E-state index in [1.165, 1.54) is 86.0 Å². The lowest BCUT2D eigenvalue weighted by Crippen LogP contribution is -2.10. The fraction of sp³-hybridized carbons (Fsp3) is 0.520. The molecule has 0 bridgehead atoms. The van der Waals surface area contributed by atoms with Crippen LogP contribution in [0.1, 0.15) is 76.7 Å². The van der Waals surface area contributed by atoms with Crippen LogP contribution in [-0.4, -0.2) is 13.5 Å². The number of para-hydroxylation sites is 1. The summed E-state index contributed by atoms with van der Waals surface area (Å²) < 4.78 is 45.1. The maximum Gasteiger partial charge on any atom is 0.673 e. The average Bonchev–Trinajstić information content (AvgIpc) is 2.74. The van der Waals surface area contributed by atoms with E-state index in [9.17, 15) is 17.3 Å². The van der Waals surface area contributed by atoms with Crippen LogP contribution in [0.15, 0.2) is 52.3 Å². The van der Waals surface area contributed by atoms with Crippen LogP contribution >= 0.6 is 0 Å². The second kappa shape index (κ2) is 13.8. The van der Waals surface area contributed by atoms with E-state index in [4.69, 9.17) is 4.74 Å². The predicted molar refractivity (Wildman–Crippen MR) is 129 cm³/mol. The molecule has 0 spiro atoms. The van der Waals surface area contributed by atoms with E-state index in [2.05, 4.69) is 55.6 Å². The Bertz CT molecular complexity index is 807. The Labute approximate surface area is 193 Å². The van der Waals surface area contributed by atoms with Crippen LogP contribution in [0.5, 0.6) is 11.5 Å². The molecule has 0 aliphatic carbocycles. The highest BCUT2D eigenvalue weighted by Crippen LogP contribution is 2.42. The van der Waals surface area contributed by atoms with E-state index >= 15 is 0 Å². The van der Waals surface area contributed by atoms with Gasteiger partial charge in [-0.25, -0.2) is 0 Å². The molecule has 0 aromatic heterocycles. The van der Waals surface area contributed by atoms with Crippen LogP contribution < -0.4 is 4.74 Å². The van der Waals surface area contributed by atoms with E-state index in [-0.39, 0.29) is 10.9 Å². The number of aryl methyl sites for hydroxylation is 1. The summed E-state index contributed by atoms with van der Waals surface area (Å²) in [5.74, 6) is 2.07. The fourth-order valence-corrected chi connectivity index (χ4v) is 5.54. The average molecular weight is 470 g/mol. The van der Waals surface area contributed by atoms with E-state index in [1.54, 1.807) is 0 Å². The number of fused-ring (bicyclic) bond motifs is 2. The number of benzene rings is 2. The van der Waals surface area contributed by atoms with Crippen molar-refractivity contribution >= 4 is 18.1 Å². The standard InChI is InChI=1S/C25H35OS.BF4/c1-3-4-5-6-7-8-9-10-11-12-15-21-18-19-23-25(20-21)27(2)24-17-14-13-16-22(24)26-23;2-1(3,4)5/h13-14,16-20H,3-12,15H2,1-2H3;/q+1;-1. The summed E-state index contributed by atoms with van der Waals surface area (Å²) in [4.78, 5) is 2.71. The third-order valence-corrected chi connectivity index (χ3v) is 7.53. The minimum atomic E-state index is -6.00. The molecule has 1 aliphatic heterocycles. The molecule has 0 saturated carbocycles. The summed E-state index contributed by atoms with van der Waals surface area (Å²) in [5.41, 5.74) is 1.47. The third kappa shape index (κ3) is 9.89. The van der Waals surface area contributed by atoms with Gasteiger partial charge in [-0.15, -0.1) is 0 Å². The van der Waals surface area contributed by atoms with Crippen molar-refractivity contribution in [1.29, 1.82) is 0 Å². The monoisotopic (exact) mass is 470 g/mol. The lowest BCUT2D eigenvalue weighted by Gasteiger charge is -2.18. The second-order valence-corrected chi connectivity index (χ2v) is 10.2. The van der Waals surface area contributed by atoms with Gasteiger partial charge in [0.15, 0.2) is 11.5 Å². The Morgan fingerprint density at radius 3 is 1.88 bits per heavy atom. The zero-order valence-electron chi connectivity index (χ0n) is 19.2. The maximum atomic E-state index is 9.75. The molecule has 3 rings (SSSR count). The molecule has 178 valence electrons. The van der Waals surface area contributed by atoms with Crippen molar-refractivity contribution in [3.05, 3.63) is 48.0 Å². The van der Waals surface area contributed by atoms with Crippen LogP contribution in [0.25, 0.3) is 0 Å². The minimum Gasteiger partial charge on any atom is -0.447 e. The first-order valence-electron chi connectivity index (χ1n) is 11.7. The predicted octanol–water partition coefficient (Wildman–Crippen LogP) is 9.22. The first kappa shape index (κ1) is 26.6. The molecule has 1 aliphatic rings. The fourth-order valence-electron chi connectivity index (χ4n) is 3.87. The molecule has 0 fully saturated rings. The quantitative estimate of drug-likeness (QED) is 0.138. The van der Waals surface area contributed by atoms with Crippen molar-refractivity contribution in [3.63, 3.8) is 0 Å². The summed E-state index contributed by atoms with van der Waals surface area (Å²) in [5, 5.41) is 0. The van der Waals surface area contributed by atoms with Crippen molar-refractivity contribution in [2.24, 2.45) is 0 Å². The normalized spacial score (nSPS) is 14.6. The van der Waals surface area contributed by atoms with Crippen molar-refractivity contribution in [2.75, 3.05) is 6.26 Å². The Morgan fingerprint density at radius 1 is 0.719 bits per heavy atom. The number of rotatable bonds is 11. The van der Waals surface area contributed by atoms with Gasteiger partial charge in [-0.3, -0.25) is 0 Å². The third-order valence-electron chi connectivity index (χ3n) is 5.56. The van der Waals surface area contributed by atoms with Crippen molar-refractivity contribution < 1.29 is 22.0 Å². The highest BCUT2D eigenvalue weighted by Gasteiger charge is 2.33. The van der Waals surface area contributed by atoms with Gasteiger partial charge in [0.1, 0.15) is 6.26 Å². The van der Waals surface area contributed by atoms with Crippen LogP contribution in [0.4, 0.5) is 17.3 Å². The van der Waals surface area contributed by atoms with E-state index in [0.717, 1.165) is 11.5 Å². The van der Waals surface area contributed by atoms with Crippen molar-refractivity contribution in [1.82, 2.24) is 0 Å².